The Morgan fingerprint density at radius 1 is 0.860 bits per heavy atom. The highest BCUT2D eigenvalue weighted by Gasteiger charge is 2.37. The van der Waals surface area contributed by atoms with E-state index >= 15 is 0 Å². The monoisotopic (exact) mass is 627 g/mol. The van der Waals surface area contributed by atoms with Gasteiger partial charge in [0.25, 0.3) is 0 Å². The fourth-order valence-electron chi connectivity index (χ4n) is 3.26. The first-order valence-corrected chi connectivity index (χ1v) is 11.8. The quantitative estimate of drug-likeness (QED) is 0.220. The number of carbonyl (C=O) groups is 5. The van der Waals surface area contributed by atoms with Gasteiger partial charge >= 0.3 is 30.1 Å². The van der Waals surface area contributed by atoms with E-state index < -0.39 is 108 Å². The molecule has 0 spiro atoms. The summed E-state index contributed by atoms with van der Waals surface area (Å²) in [5.74, 6) is -10.4. The first-order valence-electron chi connectivity index (χ1n) is 11.8. The molecular formula is C25H21F8N3O7. The lowest BCUT2D eigenvalue weighted by atomic mass is 10.1. The number of aliphatic carboxylic acids is 1. The molecule has 10 nitrogen and oxygen atoms in total. The average molecular weight is 627 g/mol. The van der Waals surface area contributed by atoms with E-state index in [1.165, 1.54) is 0 Å². The SMILES string of the molecule is C[C@H](NC(=O)C(=O)Nc1c(F)cccc1F)C(=O)N[C@@H](CCC(=O)O)C(=O)COc1cc(C(F)(F)F)cc(C(F)(F)F)c1. The Balaban J connectivity index is 2.12. The number of amides is 3. The van der Waals surface area contributed by atoms with Crippen LogP contribution in [0, 0.1) is 11.6 Å². The lowest BCUT2D eigenvalue weighted by molar-refractivity contribution is -0.143. The summed E-state index contributed by atoms with van der Waals surface area (Å²) in [6, 6.07) is -0.571. The number of hydrogen-bond acceptors (Lipinski definition) is 6. The summed E-state index contributed by atoms with van der Waals surface area (Å²) in [6.45, 7) is -0.207. The predicted octanol–water partition coefficient (Wildman–Crippen LogP) is 3.44. The molecule has 4 N–H and O–H groups in total. The Labute approximate surface area is 236 Å². The van der Waals surface area contributed by atoms with E-state index in [0.717, 1.165) is 25.1 Å². The fraction of sp³-hybridized carbons (Fsp3) is 0.320. The number of hydrogen-bond donors (Lipinski definition) is 4. The number of anilines is 1. The number of alkyl halides is 6. The molecular weight excluding hydrogens is 606 g/mol. The minimum atomic E-state index is -5.21. The van der Waals surface area contributed by atoms with Gasteiger partial charge in [0, 0.05) is 6.42 Å². The third kappa shape index (κ3) is 10.2. The van der Waals surface area contributed by atoms with Gasteiger partial charge in [-0.3, -0.25) is 24.0 Å². The molecule has 3 amide bonds. The number of Topliss-reactive ketones (excluding diaryl/α,β-unsaturated/α-hetero) is 1. The normalized spacial score (nSPS) is 13.0. The van der Waals surface area contributed by atoms with Crippen LogP contribution >= 0.6 is 0 Å². The molecule has 2 atom stereocenters. The van der Waals surface area contributed by atoms with Crippen LogP contribution in [0.3, 0.4) is 0 Å². The molecule has 0 bridgehead atoms. The fourth-order valence-corrected chi connectivity index (χ4v) is 3.26. The Morgan fingerprint density at radius 3 is 1.88 bits per heavy atom. The van der Waals surface area contributed by atoms with Crippen LogP contribution in [0.5, 0.6) is 5.75 Å². The van der Waals surface area contributed by atoms with E-state index in [2.05, 4.69) is 0 Å². The number of nitrogens with one attached hydrogen (secondary N) is 3. The van der Waals surface area contributed by atoms with Crippen molar-refractivity contribution in [3.05, 3.63) is 59.2 Å². The number of ketones is 1. The van der Waals surface area contributed by atoms with E-state index in [1.807, 2.05) is 10.6 Å². The minimum absolute atomic E-state index is 0.173. The number of benzene rings is 2. The molecule has 2 aromatic carbocycles. The Bertz CT molecular complexity index is 1340. The third-order valence-corrected chi connectivity index (χ3v) is 5.44. The van der Waals surface area contributed by atoms with Crippen molar-refractivity contribution in [1.82, 2.24) is 10.6 Å². The van der Waals surface area contributed by atoms with Gasteiger partial charge in [-0.25, -0.2) is 8.78 Å². The van der Waals surface area contributed by atoms with Gasteiger partial charge in [-0.05, 0) is 43.7 Å². The van der Waals surface area contributed by atoms with E-state index in [-0.39, 0.29) is 18.2 Å². The summed E-state index contributed by atoms with van der Waals surface area (Å²) in [7, 11) is 0. The molecule has 0 radical (unpaired) electrons. The summed E-state index contributed by atoms with van der Waals surface area (Å²) in [5.41, 5.74) is -4.42. The van der Waals surface area contributed by atoms with Crippen molar-refractivity contribution in [3.8, 4) is 5.75 Å². The molecule has 0 fully saturated rings. The highest BCUT2D eigenvalue weighted by Crippen LogP contribution is 2.38. The number of rotatable bonds is 11. The summed E-state index contributed by atoms with van der Waals surface area (Å²) in [6.07, 6.45) is -11.8. The zero-order valence-corrected chi connectivity index (χ0v) is 21.7. The van der Waals surface area contributed by atoms with E-state index in [1.54, 1.807) is 5.32 Å². The second-order valence-corrected chi connectivity index (χ2v) is 8.74. The molecule has 0 aliphatic rings. The Morgan fingerprint density at radius 2 is 1.40 bits per heavy atom. The maximum Gasteiger partial charge on any atom is 0.416 e. The predicted molar refractivity (Wildman–Crippen MR) is 128 cm³/mol. The third-order valence-electron chi connectivity index (χ3n) is 5.44. The van der Waals surface area contributed by atoms with Gasteiger partial charge in [0.1, 0.15) is 35.7 Å². The minimum Gasteiger partial charge on any atom is -0.486 e. The zero-order chi connectivity index (χ0) is 32.7. The zero-order valence-electron chi connectivity index (χ0n) is 21.7. The highest BCUT2D eigenvalue weighted by molar-refractivity contribution is 6.40. The van der Waals surface area contributed by atoms with Gasteiger partial charge < -0.3 is 25.8 Å². The largest absolute Gasteiger partial charge is 0.486 e. The molecule has 0 aliphatic heterocycles. The van der Waals surface area contributed by atoms with Crippen LogP contribution in [0.4, 0.5) is 40.8 Å². The Kier molecular flexibility index (Phi) is 11.2. The number of carboxylic acids is 1. The van der Waals surface area contributed by atoms with Crippen LogP contribution in [0.1, 0.15) is 30.9 Å². The number of carboxylic acid groups (broad SMARTS) is 1. The number of ether oxygens (including phenoxy) is 1. The number of carbonyl (C=O) groups excluding carboxylic acids is 4. The lowest BCUT2D eigenvalue weighted by Crippen LogP contribution is -2.52. The van der Waals surface area contributed by atoms with Crippen LogP contribution in [0.25, 0.3) is 0 Å². The second-order valence-electron chi connectivity index (χ2n) is 8.74. The van der Waals surface area contributed by atoms with Gasteiger partial charge in [-0.1, -0.05) is 6.07 Å². The van der Waals surface area contributed by atoms with Crippen molar-refractivity contribution in [2.75, 3.05) is 11.9 Å². The van der Waals surface area contributed by atoms with Crippen molar-refractivity contribution in [2.24, 2.45) is 0 Å². The van der Waals surface area contributed by atoms with E-state index in [0.29, 0.717) is 0 Å². The van der Waals surface area contributed by atoms with Crippen LogP contribution < -0.4 is 20.7 Å². The van der Waals surface area contributed by atoms with Gasteiger partial charge in [-0.15, -0.1) is 0 Å². The second kappa shape index (κ2) is 13.9. The van der Waals surface area contributed by atoms with Crippen molar-refractivity contribution < 1.29 is 68.9 Å². The van der Waals surface area contributed by atoms with Crippen LogP contribution in [0.15, 0.2) is 36.4 Å². The van der Waals surface area contributed by atoms with E-state index in [9.17, 15) is 59.1 Å². The number of halogens is 8. The van der Waals surface area contributed by atoms with Gasteiger partial charge in [0.2, 0.25) is 5.91 Å². The molecule has 2 aromatic rings. The Hall–Kier alpha value is -4.77. The van der Waals surface area contributed by atoms with E-state index in [4.69, 9.17) is 9.84 Å². The maximum absolute atomic E-state index is 13.7. The molecule has 0 aliphatic carbocycles. The summed E-state index contributed by atoms with van der Waals surface area (Å²) < 4.78 is 111. The number of para-hydroxylation sites is 1. The van der Waals surface area contributed by atoms with Gasteiger partial charge in [-0.2, -0.15) is 26.3 Å². The molecule has 2 rings (SSSR count). The molecule has 0 saturated carbocycles. The first kappa shape index (κ1) is 34.4. The molecule has 234 valence electrons. The maximum atomic E-state index is 13.7. The summed E-state index contributed by atoms with van der Waals surface area (Å²) >= 11 is 0. The molecule has 43 heavy (non-hydrogen) atoms. The first-order chi connectivity index (χ1) is 19.8. The smallest absolute Gasteiger partial charge is 0.416 e. The van der Waals surface area contributed by atoms with Crippen LogP contribution in [-0.4, -0.2) is 53.3 Å². The summed E-state index contributed by atoms with van der Waals surface area (Å²) in [5, 5.41) is 14.5. The highest BCUT2D eigenvalue weighted by atomic mass is 19.4. The van der Waals surface area contributed by atoms with Crippen LogP contribution in [0.2, 0.25) is 0 Å². The van der Waals surface area contributed by atoms with Gasteiger partial charge in [0.05, 0.1) is 17.2 Å². The molecule has 0 saturated heterocycles. The van der Waals surface area contributed by atoms with Crippen molar-refractivity contribution in [1.29, 1.82) is 0 Å². The molecule has 0 aromatic heterocycles. The van der Waals surface area contributed by atoms with Crippen molar-refractivity contribution >= 4 is 35.2 Å². The molecule has 0 heterocycles. The average Bonchev–Trinajstić information content (AvgIpc) is 2.90. The van der Waals surface area contributed by atoms with Crippen molar-refractivity contribution in [2.45, 2.75) is 44.2 Å². The standard InChI is InChI=1S/C25H21F8N3O7/c1-11(34-22(41)23(42)36-20-15(26)3-2-4-16(20)27)21(40)35-17(5-6-19(38)39)18(37)10-43-14-8-12(24(28,29)30)7-13(9-14)25(31,32)33/h2-4,7-9,11,17H,5-6,10H2,1H3,(H,34,41)(H,35,40)(H,36,42)(H,38,39)/t11-,17-/m0/s1. The molecule has 18 heteroatoms. The lowest BCUT2D eigenvalue weighted by Gasteiger charge is -2.21. The van der Waals surface area contributed by atoms with Crippen LogP contribution in [-0.2, 0) is 36.3 Å². The summed E-state index contributed by atoms with van der Waals surface area (Å²) in [4.78, 5) is 60.3. The van der Waals surface area contributed by atoms with Gasteiger partial charge in [0.15, 0.2) is 5.78 Å². The topological polar surface area (TPSA) is 151 Å². The van der Waals surface area contributed by atoms with Crippen molar-refractivity contribution in [3.63, 3.8) is 0 Å². The molecule has 0 unspecified atom stereocenters.